The Labute approximate surface area is 394 Å². The zero-order valence-corrected chi connectivity index (χ0v) is 40.2. The number of fused-ring (bicyclic) bond motifs is 1. The molecule has 4 heterocycles. The smallest absolute Gasteiger partial charge is 0.246 e. The SMILES string of the molecule is CCCS(=O)(=O)Cc1ccc(F)c(C(=O)C2=CCc3ncc(N4CCN(CCCC(=O)N[C@H](C(=O)N5C[C@H](O)C[C@H]5C(=O)NCc5ccc(-c6scnc6C)cc5)C(C)(C)C)CC4)cc32)c1F. The first-order valence-corrected chi connectivity index (χ1v) is 25.5. The molecule has 18 heteroatoms. The highest BCUT2D eigenvalue weighted by Crippen LogP contribution is 2.35. The quantitative estimate of drug-likeness (QED) is 0.111. The Hall–Kier alpha value is -5.43. The number of halogens is 2. The Morgan fingerprint density at radius 2 is 1.75 bits per heavy atom. The van der Waals surface area contributed by atoms with E-state index in [9.17, 15) is 32.7 Å². The van der Waals surface area contributed by atoms with Crippen molar-refractivity contribution < 1.29 is 41.5 Å². The fourth-order valence-corrected chi connectivity index (χ4v) is 11.2. The summed E-state index contributed by atoms with van der Waals surface area (Å²) in [4.78, 5) is 70.4. The van der Waals surface area contributed by atoms with Crippen molar-refractivity contribution in [2.24, 2.45) is 5.41 Å². The van der Waals surface area contributed by atoms with Gasteiger partial charge >= 0.3 is 0 Å². The number of thiazole rings is 1. The fraction of sp³-hybridized carbons (Fsp3) is 0.469. The van der Waals surface area contributed by atoms with Gasteiger partial charge in [0, 0.05) is 75.2 Å². The molecule has 0 bridgehead atoms. The second-order valence-electron chi connectivity index (χ2n) is 18.7. The van der Waals surface area contributed by atoms with E-state index in [1.54, 1.807) is 42.1 Å². The van der Waals surface area contributed by atoms with Crippen LogP contribution in [0.25, 0.3) is 16.0 Å². The van der Waals surface area contributed by atoms with Gasteiger partial charge in [-0.3, -0.25) is 29.1 Å². The van der Waals surface area contributed by atoms with Crippen LogP contribution in [0.2, 0.25) is 0 Å². The zero-order chi connectivity index (χ0) is 48.2. The maximum Gasteiger partial charge on any atom is 0.246 e. The minimum absolute atomic E-state index is 0.0186. The van der Waals surface area contributed by atoms with Gasteiger partial charge in [0.2, 0.25) is 17.7 Å². The van der Waals surface area contributed by atoms with E-state index in [1.807, 2.05) is 52.0 Å². The lowest BCUT2D eigenvalue weighted by atomic mass is 9.85. The molecular weight excluding hydrogens is 901 g/mol. The second kappa shape index (κ2) is 20.8. The Kier molecular flexibility index (Phi) is 15.4. The number of hydrogen-bond acceptors (Lipinski definition) is 12. The van der Waals surface area contributed by atoms with Crippen molar-refractivity contribution in [2.45, 2.75) is 97.2 Å². The Bertz CT molecular complexity index is 2640. The standard InChI is InChI=1S/C49H59F2N7O7S2/c1-6-22-67(64,65)28-33-13-15-38(50)42(43(33)51)44(61)36-14-16-39-37(36)23-34(26-52-39)57-20-18-56(19-21-57)17-7-8-41(60)55-46(49(3,4)5)48(63)58-27-35(59)24-40(58)47(62)53-25-31-9-11-32(12-10-31)45-30(2)54-29-66-45/h9-15,23,26,29,35,40,46,59H,6-8,16-22,24-25,27-28H2,1-5H3,(H,53,62)(H,55,60)/t35-,40+,46-/m1/s1. The highest BCUT2D eigenvalue weighted by molar-refractivity contribution is 7.90. The van der Waals surface area contributed by atoms with Crippen molar-refractivity contribution in [3.05, 3.63) is 106 Å². The molecule has 2 aliphatic heterocycles. The molecule has 0 saturated carbocycles. The van der Waals surface area contributed by atoms with Gasteiger partial charge < -0.3 is 25.5 Å². The molecule has 3 amide bonds. The topological polar surface area (TPSA) is 182 Å². The number of ketones is 1. The molecule has 14 nitrogen and oxygen atoms in total. The van der Waals surface area contributed by atoms with Gasteiger partial charge in [-0.2, -0.15) is 0 Å². The normalized spacial score (nSPS) is 18.1. The molecule has 7 rings (SSSR count). The van der Waals surface area contributed by atoms with E-state index in [1.165, 1.54) is 4.90 Å². The molecule has 2 fully saturated rings. The number of aliphatic hydroxyl groups is 1. The molecule has 1 aliphatic carbocycles. The highest BCUT2D eigenvalue weighted by Gasteiger charge is 2.44. The summed E-state index contributed by atoms with van der Waals surface area (Å²) < 4.78 is 55.6. The molecule has 3 atom stereocenters. The number of piperazine rings is 1. The number of rotatable bonds is 17. The summed E-state index contributed by atoms with van der Waals surface area (Å²) in [5, 5.41) is 16.5. The number of sulfone groups is 1. The number of carbonyl (C=O) groups excluding carboxylic acids is 4. The minimum atomic E-state index is -3.65. The van der Waals surface area contributed by atoms with Gasteiger partial charge in [-0.1, -0.05) is 64.1 Å². The van der Waals surface area contributed by atoms with Crippen LogP contribution in [0.15, 0.2) is 60.2 Å². The van der Waals surface area contributed by atoms with Crippen LogP contribution in [-0.2, 0) is 42.9 Å². The number of Topliss-reactive ketones (excluding diaryl/α,β-unsaturated/α-hetero) is 1. The largest absolute Gasteiger partial charge is 0.391 e. The van der Waals surface area contributed by atoms with Crippen molar-refractivity contribution >= 4 is 55.9 Å². The Balaban J connectivity index is 0.895. The van der Waals surface area contributed by atoms with Crippen molar-refractivity contribution in [1.29, 1.82) is 0 Å². The van der Waals surface area contributed by atoms with Gasteiger partial charge in [0.15, 0.2) is 15.6 Å². The van der Waals surface area contributed by atoms with E-state index in [4.69, 9.17) is 0 Å². The summed E-state index contributed by atoms with van der Waals surface area (Å²) in [6.45, 7) is 12.6. The van der Waals surface area contributed by atoms with Crippen LogP contribution in [0.1, 0.15) is 91.8 Å². The fourth-order valence-electron chi connectivity index (χ4n) is 8.95. The molecule has 2 aromatic carbocycles. The summed E-state index contributed by atoms with van der Waals surface area (Å²) in [5.74, 6) is -4.98. The second-order valence-corrected chi connectivity index (χ2v) is 21.7. The molecule has 358 valence electrons. The lowest BCUT2D eigenvalue weighted by Crippen LogP contribution is -2.57. The number of pyridine rings is 1. The van der Waals surface area contributed by atoms with Gasteiger partial charge in [-0.15, -0.1) is 11.3 Å². The molecule has 0 radical (unpaired) electrons. The van der Waals surface area contributed by atoms with E-state index in [2.05, 4.69) is 30.4 Å². The first kappa shape index (κ1) is 49.5. The first-order valence-electron chi connectivity index (χ1n) is 22.8. The van der Waals surface area contributed by atoms with E-state index in [-0.39, 0.29) is 54.6 Å². The highest BCUT2D eigenvalue weighted by atomic mass is 32.2. The van der Waals surface area contributed by atoms with E-state index in [0.717, 1.165) is 39.5 Å². The van der Waals surface area contributed by atoms with Crippen LogP contribution >= 0.6 is 11.3 Å². The van der Waals surface area contributed by atoms with E-state index in [0.29, 0.717) is 63.2 Å². The van der Waals surface area contributed by atoms with Crippen molar-refractivity contribution in [3.8, 4) is 10.4 Å². The average molecular weight is 960 g/mol. The number of aliphatic hydroxyl groups excluding tert-OH is 1. The molecule has 3 aliphatic rings. The number of benzene rings is 2. The summed E-state index contributed by atoms with van der Waals surface area (Å²) in [5.41, 5.74) is 4.89. The molecule has 4 aromatic rings. The third-order valence-corrected chi connectivity index (χ3v) is 15.4. The number of likely N-dealkylation sites (tertiary alicyclic amines) is 1. The van der Waals surface area contributed by atoms with Crippen LogP contribution in [0.3, 0.4) is 0 Å². The number of amides is 3. The van der Waals surface area contributed by atoms with Crippen LogP contribution in [0.5, 0.6) is 0 Å². The third kappa shape index (κ3) is 11.6. The number of carbonyl (C=O) groups is 4. The average Bonchev–Trinajstić information content (AvgIpc) is 4.03. The minimum Gasteiger partial charge on any atom is -0.391 e. The third-order valence-electron chi connectivity index (χ3n) is 12.6. The molecule has 67 heavy (non-hydrogen) atoms. The lowest BCUT2D eigenvalue weighted by Gasteiger charge is -2.36. The van der Waals surface area contributed by atoms with Crippen molar-refractivity contribution in [1.82, 2.24) is 30.4 Å². The molecular formula is C49H59F2N7O7S2. The van der Waals surface area contributed by atoms with Gasteiger partial charge in [0.1, 0.15) is 23.7 Å². The van der Waals surface area contributed by atoms with Gasteiger partial charge in [0.05, 0.1) is 56.8 Å². The number of hydrogen-bond donors (Lipinski definition) is 3. The van der Waals surface area contributed by atoms with Gasteiger partial charge in [0.25, 0.3) is 0 Å². The summed E-state index contributed by atoms with van der Waals surface area (Å²) >= 11 is 1.56. The predicted molar refractivity (Wildman–Crippen MR) is 254 cm³/mol. The lowest BCUT2D eigenvalue weighted by molar-refractivity contribution is -0.144. The zero-order valence-electron chi connectivity index (χ0n) is 38.6. The Morgan fingerprint density at radius 1 is 1.01 bits per heavy atom. The number of aryl methyl sites for hydroxylation is 1. The van der Waals surface area contributed by atoms with Crippen LogP contribution in [0, 0.1) is 24.0 Å². The number of allylic oxidation sites excluding steroid dienone is 2. The monoisotopic (exact) mass is 959 g/mol. The van der Waals surface area contributed by atoms with E-state index >= 15 is 8.78 Å². The molecule has 2 saturated heterocycles. The van der Waals surface area contributed by atoms with Gasteiger partial charge in [-0.05, 0) is 55.0 Å². The number of aromatic nitrogens is 2. The number of nitrogens with zero attached hydrogens (tertiary/aromatic N) is 5. The summed E-state index contributed by atoms with van der Waals surface area (Å²) in [6.07, 6.45) is 3.88. The van der Waals surface area contributed by atoms with Crippen LogP contribution in [0.4, 0.5) is 14.5 Å². The summed E-state index contributed by atoms with van der Waals surface area (Å²) in [7, 11) is -3.65. The number of β-amino-alcohol motifs (C(OH)–C–C–N with tert-alkyl or cyclic N) is 1. The van der Waals surface area contributed by atoms with Gasteiger partial charge in [-0.25, -0.2) is 22.2 Å². The first-order chi connectivity index (χ1) is 31.8. The number of anilines is 1. The van der Waals surface area contributed by atoms with Crippen molar-refractivity contribution in [3.63, 3.8) is 0 Å². The molecule has 0 spiro atoms. The van der Waals surface area contributed by atoms with E-state index < -0.39 is 68.1 Å². The number of nitrogens with one attached hydrogen (secondary N) is 2. The maximum absolute atomic E-state index is 15.6. The molecule has 0 unspecified atom stereocenters. The van der Waals surface area contributed by atoms with Crippen LogP contribution in [-0.4, -0.2) is 120 Å². The molecule has 2 aromatic heterocycles. The predicted octanol–water partition coefficient (Wildman–Crippen LogP) is 5.65. The maximum atomic E-state index is 15.6. The van der Waals surface area contributed by atoms with Crippen LogP contribution < -0.4 is 15.5 Å². The molecule has 3 N–H and O–H groups in total. The summed E-state index contributed by atoms with van der Waals surface area (Å²) in [6, 6.07) is 9.83. The Morgan fingerprint density at radius 3 is 2.42 bits per heavy atom. The van der Waals surface area contributed by atoms with Crippen molar-refractivity contribution in [2.75, 3.05) is 49.9 Å².